The first-order valence-electron chi connectivity index (χ1n) is 7.29. The highest BCUT2D eigenvalue weighted by molar-refractivity contribution is 6.03. The monoisotopic (exact) mass is 284 g/mol. The van der Waals surface area contributed by atoms with Crippen molar-refractivity contribution in [2.24, 2.45) is 5.73 Å². The van der Waals surface area contributed by atoms with Crippen LogP contribution in [-0.4, -0.2) is 36.6 Å². The summed E-state index contributed by atoms with van der Waals surface area (Å²) in [5, 5.41) is 8.88. The summed E-state index contributed by atoms with van der Waals surface area (Å²) in [7, 11) is 0. The Morgan fingerprint density at radius 2 is 2.29 bits per heavy atom. The molecule has 5 heteroatoms. The number of ether oxygens (including phenoxy) is 1. The van der Waals surface area contributed by atoms with Gasteiger partial charge in [0, 0.05) is 11.9 Å². The zero-order chi connectivity index (χ0) is 14.8. The third-order valence-corrected chi connectivity index (χ3v) is 3.96. The van der Waals surface area contributed by atoms with Gasteiger partial charge in [0.05, 0.1) is 30.3 Å². The second-order valence-corrected chi connectivity index (χ2v) is 5.30. The van der Waals surface area contributed by atoms with Gasteiger partial charge in [0.15, 0.2) is 0 Å². The molecule has 1 aromatic carbocycles. The van der Waals surface area contributed by atoms with Crippen molar-refractivity contribution in [3.63, 3.8) is 0 Å². The molecule has 2 heterocycles. The van der Waals surface area contributed by atoms with E-state index >= 15 is 0 Å². The molecule has 5 nitrogen and oxygen atoms in total. The number of morpholine rings is 1. The molecule has 0 saturated carbocycles. The summed E-state index contributed by atoms with van der Waals surface area (Å²) in [5.41, 5.74) is 7.42. The minimum Gasteiger partial charge on any atom is -0.384 e. The van der Waals surface area contributed by atoms with Crippen molar-refractivity contribution in [3.8, 4) is 0 Å². The van der Waals surface area contributed by atoms with Gasteiger partial charge in [0.25, 0.3) is 0 Å². The molecule has 2 aromatic rings. The normalized spacial score (nSPS) is 18.9. The van der Waals surface area contributed by atoms with Gasteiger partial charge in [-0.05, 0) is 18.6 Å². The van der Waals surface area contributed by atoms with E-state index in [0.29, 0.717) is 18.8 Å². The van der Waals surface area contributed by atoms with Crippen LogP contribution in [-0.2, 0) is 4.74 Å². The van der Waals surface area contributed by atoms with Crippen LogP contribution in [0.4, 0.5) is 5.82 Å². The van der Waals surface area contributed by atoms with Crippen LogP contribution in [0.15, 0.2) is 30.3 Å². The van der Waals surface area contributed by atoms with Gasteiger partial charge in [-0.1, -0.05) is 25.1 Å². The number of amidine groups is 1. The van der Waals surface area contributed by atoms with Crippen molar-refractivity contribution >= 4 is 22.6 Å². The summed E-state index contributed by atoms with van der Waals surface area (Å²) in [5.74, 6) is 0.862. The molecule has 1 atom stereocenters. The summed E-state index contributed by atoms with van der Waals surface area (Å²) in [6, 6.07) is 10.2. The van der Waals surface area contributed by atoms with Crippen molar-refractivity contribution in [1.29, 1.82) is 5.41 Å². The number of hydrogen-bond acceptors (Lipinski definition) is 4. The summed E-state index contributed by atoms with van der Waals surface area (Å²) in [4.78, 5) is 7.00. The van der Waals surface area contributed by atoms with E-state index in [1.165, 1.54) is 0 Å². The molecule has 21 heavy (non-hydrogen) atoms. The average Bonchev–Trinajstić information content (AvgIpc) is 2.53. The maximum atomic E-state index is 7.87. The largest absolute Gasteiger partial charge is 0.384 e. The van der Waals surface area contributed by atoms with Gasteiger partial charge in [-0.15, -0.1) is 0 Å². The minimum atomic E-state index is 0.0598. The molecule has 1 fully saturated rings. The van der Waals surface area contributed by atoms with Crippen molar-refractivity contribution in [1.82, 2.24) is 4.98 Å². The van der Waals surface area contributed by atoms with E-state index in [0.717, 1.165) is 29.7 Å². The zero-order valence-corrected chi connectivity index (χ0v) is 12.2. The number of aromatic nitrogens is 1. The molecule has 1 aliphatic rings. The number of fused-ring (bicyclic) bond motifs is 1. The van der Waals surface area contributed by atoms with Crippen LogP contribution in [0, 0.1) is 5.41 Å². The number of anilines is 1. The number of pyridine rings is 1. The average molecular weight is 284 g/mol. The minimum absolute atomic E-state index is 0.0598. The van der Waals surface area contributed by atoms with Crippen LogP contribution < -0.4 is 10.6 Å². The molecule has 0 amide bonds. The molecule has 1 unspecified atom stereocenters. The highest BCUT2D eigenvalue weighted by Crippen LogP contribution is 2.27. The van der Waals surface area contributed by atoms with Gasteiger partial charge in [0.1, 0.15) is 11.7 Å². The Labute approximate surface area is 124 Å². The summed E-state index contributed by atoms with van der Waals surface area (Å²) < 4.78 is 5.56. The van der Waals surface area contributed by atoms with E-state index in [1.54, 1.807) is 0 Å². The fraction of sp³-hybridized carbons (Fsp3) is 0.375. The predicted octanol–water partition coefficient (Wildman–Crippen LogP) is 2.13. The van der Waals surface area contributed by atoms with E-state index in [9.17, 15) is 0 Å². The van der Waals surface area contributed by atoms with Crippen molar-refractivity contribution in [2.45, 2.75) is 19.4 Å². The first kappa shape index (κ1) is 13.8. The summed E-state index contributed by atoms with van der Waals surface area (Å²) >= 11 is 0. The second kappa shape index (κ2) is 5.69. The predicted molar refractivity (Wildman–Crippen MR) is 85.0 cm³/mol. The topological polar surface area (TPSA) is 75.2 Å². The van der Waals surface area contributed by atoms with Crippen molar-refractivity contribution < 1.29 is 4.74 Å². The SMILES string of the molecule is CCC1COCCN1c1nc2ccccc2cc1C(=N)N. The van der Waals surface area contributed by atoms with Crippen LogP contribution in [0.25, 0.3) is 10.9 Å². The summed E-state index contributed by atoms with van der Waals surface area (Å²) in [6.07, 6.45) is 0.978. The number of nitrogen functional groups attached to an aromatic ring is 1. The molecule has 1 saturated heterocycles. The lowest BCUT2D eigenvalue weighted by atomic mass is 10.1. The fourth-order valence-corrected chi connectivity index (χ4v) is 2.79. The van der Waals surface area contributed by atoms with Gasteiger partial charge in [-0.25, -0.2) is 4.98 Å². The van der Waals surface area contributed by atoms with Crippen LogP contribution >= 0.6 is 0 Å². The molecule has 0 radical (unpaired) electrons. The highest BCUT2D eigenvalue weighted by Gasteiger charge is 2.25. The molecule has 0 aliphatic carbocycles. The smallest absolute Gasteiger partial charge is 0.140 e. The number of nitrogens with two attached hydrogens (primary N) is 1. The molecular formula is C16H20N4O. The Bertz CT molecular complexity index is 670. The lowest BCUT2D eigenvalue weighted by Crippen LogP contribution is -2.46. The van der Waals surface area contributed by atoms with Gasteiger partial charge in [-0.3, -0.25) is 5.41 Å². The van der Waals surface area contributed by atoms with E-state index < -0.39 is 0 Å². The number of benzene rings is 1. The lowest BCUT2D eigenvalue weighted by molar-refractivity contribution is 0.0926. The maximum absolute atomic E-state index is 7.87. The van der Waals surface area contributed by atoms with E-state index in [-0.39, 0.29) is 11.9 Å². The molecule has 3 rings (SSSR count). The Morgan fingerprint density at radius 3 is 3.05 bits per heavy atom. The van der Waals surface area contributed by atoms with Crippen LogP contribution in [0.5, 0.6) is 0 Å². The van der Waals surface area contributed by atoms with Gasteiger partial charge < -0.3 is 15.4 Å². The quantitative estimate of drug-likeness (QED) is 0.669. The van der Waals surface area contributed by atoms with E-state index in [1.807, 2.05) is 30.3 Å². The summed E-state index contributed by atoms with van der Waals surface area (Å²) in [6.45, 7) is 4.30. The van der Waals surface area contributed by atoms with E-state index in [4.69, 9.17) is 20.9 Å². The van der Waals surface area contributed by atoms with Gasteiger partial charge >= 0.3 is 0 Å². The second-order valence-electron chi connectivity index (χ2n) is 5.30. The first-order chi connectivity index (χ1) is 10.2. The number of rotatable bonds is 3. The standard InChI is InChI=1S/C16H20N4O/c1-2-12-10-21-8-7-20(12)16-13(15(17)18)9-11-5-3-4-6-14(11)19-16/h3-6,9,12H,2,7-8,10H2,1H3,(H3,17,18). The molecule has 0 bridgehead atoms. The fourth-order valence-electron chi connectivity index (χ4n) is 2.79. The number of para-hydroxylation sites is 1. The number of nitrogens with one attached hydrogen (secondary N) is 1. The molecule has 110 valence electrons. The van der Waals surface area contributed by atoms with Crippen LogP contribution in [0.1, 0.15) is 18.9 Å². The Hall–Kier alpha value is -2.14. The Balaban J connectivity index is 2.14. The maximum Gasteiger partial charge on any atom is 0.140 e. The Kier molecular flexibility index (Phi) is 3.75. The molecule has 3 N–H and O–H groups in total. The van der Waals surface area contributed by atoms with Gasteiger partial charge in [0.2, 0.25) is 0 Å². The molecule has 1 aromatic heterocycles. The van der Waals surface area contributed by atoms with Crippen molar-refractivity contribution in [2.75, 3.05) is 24.7 Å². The Morgan fingerprint density at radius 1 is 1.48 bits per heavy atom. The molecule has 1 aliphatic heterocycles. The zero-order valence-electron chi connectivity index (χ0n) is 12.2. The third-order valence-electron chi connectivity index (χ3n) is 3.96. The van der Waals surface area contributed by atoms with Crippen LogP contribution in [0.3, 0.4) is 0 Å². The molecular weight excluding hydrogens is 264 g/mol. The van der Waals surface area contributed by atoms with Crippen LogP contribution in [0.2, 0.25) is 0 Å². The highest BCUT2D eigenvalue weighted by atomic mass is 16.5. The molecule has 0 spiro atoms. The first-order valence-corrected chi connectivity index (χ1v) is 7.29. The third kappa shape index (κ3) is 2.56. The van der Waals surface area contributed by atoms with Gasteiger partial charge in [-0.2, -0.15) is 0 Å². The number of hydrogen-bond donors (Lipinski definition) is 2. The lowest BCUT2D eigenvalue weighted by Gasteiger charge is -2.37. The van der Waals surface area contributed by atoms with E-state index in [2.05, 4.69) is 11.8 Å². The number of nitrogens with zero attached hydrogens (tertiary/aromatic N) is 2. The van der Waals surface area contributed by atoms with Crippen molar-refractivity contribution in [3.05, 3.63) is 35.9 Å².